The lowest BCUT2D eigenvalue weighted by Crippen LogP contribution is -2.23. The first-order valence-electron chi connectivity index (χ1n) is 3.67. The first-order chi connectivity index (χ1) is 5.75. The van der Waals surface area contributed by atoms with E-state index in [2.05, 4.69) is 23.9 Å². The molecule has 0 atom stereocenters. The van der Waals surface area contributed by atoms with E-state index in [0.717, 1.165) is 16.1 Å². The maximum absolute atomic E-state index is 3.88. The molecule has 0 aliphatic carbocycles. The van der Waals surface area contributed by atoms with E-state index < -0.39 is 0 Å². The molecule has 2 nitrogen and oxygen atoms in total. The standard InChI is InChI=1S/C10H11N2/c1-8-6-4-5-7-10(8)9(2)12-11-3/h4-7H,1,3H2,2H3/b10-9-,12-11?. The summed E-state index contributed by atoms with van der Waals surface area (Å²) >= 11 is 0. The van der Waals surface area contributed by atoms with Gasteiger partial charge in [-0.1, -0.05) is 30.8 Å². The third-order valence-electron chi connectivity index (χ3n) is 1.63. The first kappa shape index (κ1) is 8.65. The number of hydrogen-bond acceptors (Lipinski definition) is 2. The van der Waals surface area contributed by atoms with Gasteiger partial charge in [-0.25, -0.2) is 0 Å². The SMILES string of the molecule is [CH2]N=N/C(C)=c1/ccccc1=C. The van der Waals surface area contributed by atoms with Crippen LogP contribution in [-0.2, 0) is 0 Å². The van der Waals surface area contributed by atoms with Crippen molar-refractivity contribution in [3.05, 3.63) is 41.8 Å². The van der Waals surface area contributed by atoms with Gasteiger partial charge in [-0.05, 0) is 12.1 Å². The lowest BCUT2D eigenvalue weighted by atomic mass is 10.2. The molecule has 0 unspecified atom stereocenters. The van der Waals surface area contributed by atoms with E-state index in [-0.39, 0.29) is 0 Å². The average Bonchev–Trinajstić information content (AvgIpc) is 2.05. The highest BCUT2D eigenvalue weighted by Gasteiger charge is 1.87. The van der Waals surface area contributed by atoms with Crippen molar-refractivity contribution in [1.82, 2.24) is 0 Å². The summed E-state index contributed by atoms with van der Waals surface area (Å²) in [4.78, 5) is 0. The van der Waals surface area contributed by atoms with Gasteiger partial charge in [0.05, 0.1) is 12.7 Å². The van der Waals surface area contributed by atoms with E-state index in [1.165, 1.54) is 0 Å². The fourth-order valence-electron chi connectivity index (χ4n) is 1.03. The molecule has 0 aromatic heterocycles. The van der Waals surface area contributed by atoms with Gasteiger partial charge in [0, 0.05) is 5.22 Å². The molecular weight excluding hydrogens is 148 g/mol. The van der Waals surface area contributed by atoms with E-state index in [4.69, 9.17) is 0 Å². The molecule has 0 fully saturated rings. The number of benzene rings is 1. The van der Waals surface area contributed by atoms with Crippen molar-refractivity contribution in [3.63, 3.8) is 0 Å². The van der Waals surface area contributed by atoms with E-state index in [0.29, 0.717) is 0 Å². The zero-order valence-electron chi connectivity index (χ0n) is 7.12. The molecule has 0 bridgehead atoms. The van der Waals surface area contributed by atoms with Crippen molar-refractivity contribution in [1.29, 1.82) is 0 Å². The number of rotatable bonds is 1. The summed E-state index contributed by atoms with van der Waals surface area (Å²) in [6, 6.07) is 7.80. The van der Waals surface area contributed by atoms with Crippen LogP contribution in [0, 0.1) is 7.05 Å². The Morgan fingerprint density at radius 3 is 2.58 bits per heavy atom. The highest BCUT2D eigenvalue weighted by molar-refractivity contribution is 5.40. The second kappa shape index (κ2) is 3.81. The second-order valence-corrected chi connectivity index (χ2v) is 2.48. The maximum atomic E-state index is 3.88. The molecule has 0 aliphatic heterocycles. The molecule has 0 aliphatic rings. The van der Waals surface area contributed by atoms with Crippen molar-refractivity contribution in [3.8, 4) is 0 Å². The van der Waals surface area contributed by atoms with Gasteiger partial charge in [-0.2, -0.15) is 10.2 Å². The van der Waals surface area contributed by atoms with Crippen LogP contribution < -0.4 is 10.4 Å². The van der Waals surface area contributed by atoms with Crippen molar-refractivity contribution in [2.24, 2.45) is 10.2 Å². The van der Waals surface area contributed by atoms with Crippen LogP contribution in [0.1, 0.15) is 6.92 Å². The summed E-state index contributed by atoms with van der Waals surface area (Å²) in [5.41, 5.74) is 0.843. The highest BCUT2D eigenvalue weighted by Crippen LogP contribution is 1.91. The van der Waals surface area contributed by atoms with Crippen LogP contribution in [0.4, 0.5) is 0 Å². The van der Waals surface area contributed by atoms with Gasteiger partial charge >= 0.3 is 0 Å². The Morgan fingerprint density at radius 2 is 2.00 bits per heavy atom. The van der Waals surface area contributed by atoms with E-state index in [1.807, 2.05) is 31.2 Å². The van der Waals surface area contributed by atoms with Crippen molar-refractivity contribution in [2.75, 3.05) is 0 Å². The highest BCUT2D eigenvalue weighted by atomic mass is 15.1. The number of nitrogens with zero attached hydrogens (tertiary/aromatic N) is 2. The van der Waals surface area contributed by atoms with Gasteiger partial charge in [0.25, 0.3) is 0 Å². The molecule has 0 amide bonds. The Balaban J connectivity index is 3.45. The topological polar surface area (TPSA) is 24.7 Å². The minimum atomic E-state index is 0.843. The minimum absolute atomic E-state index is 0.843. The summed E-state index contributed by atoms with van der Waals surface area (Å²) < 4.78 is 0. The molecule has 0 saturated carbocycles. The summed E-state index contributed by atoms with van der Waals surface area (Å²) in [6.45, 7) is 5.77. The van der Waals surface area contributed by atoms with Gasteiger partial charge < -0.3 is 0 Å². The predicted molar refractivity (Wildman–Crippen MR) is 50.5 cm³/mol. The maximum Gasteiger partial charge on any atom is 0.0817 e. The Labute approximate surface area is 72.0 Å². The molecular formula is C10H11N2. The lowest BCUT2D eigenvalue weighted by Gasteiger charge is -1.90. The summed E-state index contributed by atoms with van der Waals surface area (Å²) in [5.74, 6) is 0. The zero-order chi connectivity index (χ0) is 8.97. The molecule has 1 aromatic rings. The van der Waals surface area contributed by atoms with E-state index >= 15 is 0 Å². The Bertz CT molecular complexity index is 391. The fraction of sp³-hybridized carbons (Fsp3) is 0.100. The molecule has 2 heteroatoms. The molecule has 0 saturated heterocycles. The predicted octanol–water partition coefficient (Wildman–Crippen LogP) is 1.47. The second-order valence-electron chi connectivity index (χ2n) is 2.48. The smallest absolute Gasteiger partial charge is 0.0817 e. The first-order valence-corrected chi connectivity index (χ1v) is 3.67. The molecule has 1 aromatic carbocycles. The van der Waals surface area contributed by atoms with Crippen molar-refractivity contribution >= 4 is 12.3 Å². The zero-order valence-corrected chi connectivity index (χ0v) is 7.12. The van der Waals surface area contributed by atoms with Gasteiger partial charge in [0.2, 0.25) is 0 Å². The molecule has 0 N–H and O–H groups in total. The van der Waals surface area contributed by atoms with Crippen LogP contribution in [0.5, 0.6) is 0 Å². The average molecular weight is 159 g/mol. The Hall–Kier alpha value is -1.44. The fourth-order valence-corrected chi connectivity index (χ4v) is 1.03. The molecule has 61 valence electrons. The quantitative estimate of drug-likeness (QED) is 0.554. The molecule has 12 heavy (non-hydrogen) atoms. The van der Waals surface area contributed by atoms with Crippen LogP contribution in [-0.4, -0.2) is 0 Å². The molecule has 0 spiro atoms. The van der Waals surface area contributed by atoms with Gasteiger partial charge in [0.1, 0.15) is 0 Å². The monoisotopic (exact) mass is 159 g/mol. The molecule has 1 rings (SSSR count). The van der Waals surface area contributed by atoms with Gasteiger partial charge in [-0.3, -0.25) is 0 Å². The molecule has 1 radical (unpaired) electrons. The molecule has 0 heterocycles. The largest absolute Gasteiger partial charge is 0.187 e. The lowest BCUT2D eigenvalue weighted by molar-refractivity contribution is 1.21. The van der Waals surface area contributed by atoms with Gasteiger partial charge in [0.15, 0.2) is 0 Å². The normalized spacial score (nSPS) is 13.5. The summed E-state index contributed by atoms with van der Waals surface area (Å²) in [5, 5.41) is 9.29. The Morgan fingerprint density at radius 1 is 1.33 bits per heavy atom. The number of azo groups is 1. The third kappa shape index (κ3) is 1.78. The Kier molecular flexibility index (Phi) is 2.75. The van der Waals surface area contributed by atoms with Crippen LogP contribution in [0.3, 0.4) is 0 Å². The van der Waals surface area contributed by atoms with Crippen LogP contribution in [0.25, 0.3) is 12.3 Å². The van der Waals surface area contributed by atoms with Crippen LogP contribution in [0.2, 0.25) is 0 Å². The van der Waals surface area contributed by atoms with Crippen molar-refractivity contribution in [2.45, 2.75) is 6.92 Å². The van der Waals surface area contributed by atoms with E-state index in [1.54, 1.807) is 0 Å². The minimum Gasteiger partial charge on any atom is -0.187 e. The van der Waals surface area contributed by atoms with Crippen LogP contribution in [0.15, 0.2) is 34.5 Å². The third-order valence-corrected chi connectivity index (χ3v) is 1.63. The van der Waals surface area contributed by atoms with E-state index in [9.17, 15) is 0 Å². The van der Waals surface area contributed by atoms with Crippen LogP contribution >= 0.6 is 0 Å². The number of hydrogen-bond donors (Lipinski definition) is 0. The summed E-state index contributed by atoms with van der Waals surface area (Å²) in [7, 11) is 3.30. The van der Waals surface area contributed by atoms with Gasteiger partial charge in [-0.15, -0.1) is 0 Å². The summed E-state index contributed by atoms with van der Waals surface area (Å²) in [6.07, 6.45) is 0. The van der Waals surface area contributed by atoms with Crippen molar-refractivity contribution < 1.29 is 0 Å².